The first-order chi connectivity index (χ1) is 8.27. The fourth-order valence-corrected chi connectivity index (χ4v) is 2.05. The topological polar surface area (TPSA) is 49.8 Å². The van der Waals surface area contributed by atoms with E-state index >= 15 is 0 Å². The SMILES string of the molecule is CCNc1ncc(Cl)c(NCCCSCC)n1. The van der Waals surface area contributed by atoms with Crippen molar-refractivity contribution in [3.8, 4) is 0 Å². The normalized spacial score (nSPS) is 10.3. The largest absolute Gasteiger partial charge is 0.369 e. The third-order valence-electron chi connectivity index (χ3n) is 2.04. The Morgan fingerprint density at radius 2 is 2.18 bits per heavy atom. The number of aromatic nitrogens is 2. The summed E-state index contributed by atoms with van der Waals surface area (Å²) in [6.45, 7) is 5.86. The summed E-state index contributed by atoms with van der Waals surface area (Å²) in [5.74, 6) is 3.65. The maximum absolute atomic E-state index is 6.02. The van der Waals surface area contributed by atoms with Crippen LogP contribution in [0.25, 0.3) is 0 Å². The molecular formula is C11H19ClN4S. The van der Waals surface area contributed by atoms with Crippen LogP contribution >= 0.6 is 23.4 Å². The lowest BCUT2D eigenvalue weighted by atomic mass is 10.4. The van der Waals surface area contributed by atoms with Crippen LogP contribution in [0, 0.1) is 0 Å². The minimum absolute atomic E-state index is 0.565. The van der Waals surface area contributed by atoms with Gasteiger partial charge < -0.3 is 10.6 Å². The molecule has 0 bridgehead atoms. The van der Waals surface area contributed by atoms with Crippen molar-refractivity contribution in [2.24, 2.45) is 0 Å². The summed E-state index contributed by atoms with van der Waals surface area (Å²) in [5, 5.41) is 6.86. The molecular weight excluding hydrogens is 256 g/mol. The molecule has 1 heterocycles. The first-order valence-corrected chi connectivity index (χ1v) is 7.39. The number of nitrogens with zero attached hydrogens (tertiary/aromatic N) is 2. The standard InChI is InChI=1S/C11H19ClN4S/c1-3-13-11-15-8-9(12)10(16-11)14-6-5-7-17-4-2/h8H,3-7H2,1-2H3,(H2,13,14,15,16). The summed E-state index contributed by atoms with van der Waals surface area (Å²) >= 11 is 7.96. The summed E-state index contributed by atoms with van der Waals surface area (Å²) in [4.78, 5) is 8.40. The maximum atomic E-state index is 6.02. The Morgan fingerprint density at radius 3 is 2.88 bits per heavy atom. The van der Waals surface area contributed by atoms with Crippen LogP contribution in [-0.4, -0.2) is 34.6 Å². The zero-order valence-electron chi connectivity index (χ0n) is 10.3. The lowest BCUT2D eigenvalue weighted by Gasteiger charge is -2.08. The van der Waals surface area contributed by atoms with Gasteiger partial charge in [0.25, 0.3) is 0 Å². The van der Waals surface area contributed by atoms with Gasteiger partial charge in [-0.05, 0) is 24.9 Å². The Bertz CT molecular complexity index is 335. The number of hydrogen-bond acceptors (Lipinski definition) is 5. The van der Waals surface area contributed by atoms with Crippen LogP contribution in [0.2, 0.25) is 5.02 Å². The highest BCUT2D eigenvalue weighted by atomic mass is 35.5. The molecule has 4 nitrogen and oxygen atoms in total. The van der Waals surface area contributed by atoms with Crippen LogP contribution in [0.4, 0.5) is 11.8 Å². The molecule has 17 heavy (non-hydrogen) atoms. The molecule has 0 aromatic carbocycles. The Labute approximate surface area is 112 Å². The zero-order valence-corrected chi connectivity index (χ0v) is 11.9. The number of rotatable bonds is 8. The molecule has 96 valence electrons. The first kappa shape index (κ1) is 14.4. The van der Waals surface area contributed by atoms with Crippen molar-refractivity contribution in [2.75, 3.05) is 35.2 Å². The van der Waals surface area contributed by atoms with Crippen LogP contribution < -0.4 is 10.6 Å². The number of hydrogen-bond donors (Lipinski definition) is 2. The minimum Gasteiger partial charge on any atom is -0.369 e. The van der Waals surface area contributed by atoms with E-state index in [4.69, 9.17) is 11.6 Å². The van der Waals surface area contributed by atoms with Gasteiger partial charge >= 0.3 is 0 Å². The number of nitrogens with one attached hydrogen (secondary N) is 2. The van der Waals surface area contributed by atoms with Crippen molar-refractivity contribution in [1.29, 1.82) is 0 Å². The molecule has 0 amide bonds. The quantitative estimate of drug-likeness (QED) is 0.714. The summed E-state index contributed by atoms with van der Waals surface area (Å²) < 4.78 is 0. The van der Waals surface area contributed by atoms with Gasteiger partial charge in [-0.25, -0.2) is 4.98 Å². The van der Waals surface area contributed by atoms with Gasteiger partial charge in [-0.3, -0.25) is 0 Å². The van der Waals surface area contributed by atoms with Gasteiger partial charge in [0.1, 0.15) is 10.8 Å². The Balaban J connectivity index is 2.42. The molecule has 0 radical (unpaired) electrons. The Hall–Kier alpha value is -0.680. The second-order valence-corrected chi connectivity index (χ2v) is 5.20. The highest BCUT2D eigenvalue weighted by Gasteiger charge is 2.03. The summed E-state index contributed by atoms with van der Waals surface area (Å²) in [7, 11) is 0. The molecule has 0 spiro atoms. The first-order valence-electron chi connectivity index (χ1n) is 5.86. The predicted molar refractivity (Wildman–Crippen MR) is 77.3 cm³/mol. The maximum Gasteiger partial charge on any atom is 0.224 e. The van der Waals surface area contributed by atoms with Gasteiger partial charge in [-0.15, -0.1) is 0 Å². The second-order valence-electron chi connectivity index (χ2n) is 3.40. The summed E-state index contributed by atoms with van der Waals surface area (Å²) in [6, 6.07) is 0. The van der Waals surface area contributed by atoms with Gasteiger partial charge in [0.2, 0.25) is 5.95 Å². The molecule has 0 unspecified atom stereocenters. The minimum atomic E-state index is 0.565. The molecule has 0 aliphatic rings. The lowest BCUT2D eigenvalue weighted by molar-refractivity contribution is 0.973. The monoisotopic (exact) mass is 274 g/mol. The van der Waals surface area contributed by atoms with Crippen LogP contribution in [0.15, 0.2) is 6.20 Å². The molecule has 1 rings (SSSR count). The van der Waals surface area contributed by atoms with E-state index in [1.165, 1.54) is 5.75 Å². The van der Waals surface area contributed by atoms with Crippen molar-refractivity contribution in [3.05, 3.63) is 11.2 Å². The lowest BCUT2D eigenvalue weighted by Crippen LogP contribution is -2.08. The van der Waals surface area contributed by atoms with E-state index < -0.39 is 0 Å². The highest BCUT2D eigenvalue weighted by Crippen LogP contribution is 2.19. The van der Waals surface area contributed by atoms with Gasteiger partial charge in [-0.1, -0.05) is 18.5 Å². The molecule has 0 aliphatic carbocycles. The number of thioether (sulfide) groups is 1. The predicted octanol–water partition coefficient (Wildman–Crippen LogP) is 3.12. The van der Waals surface area contributed by atoms with E-state index in [0.29, 0.717) is 16.8 Å². The van der Waals surface area contributed by atoms with Crippen molar-refractivity contribution in [2.45, 2.75) is 20.3 Å². The van der Waals surface area contributed by atoms with E-state index in [9.17, 15) is 0 Å². The van der Waals surface area contributed by atoms with Crippen LogP contribution in [0.5, 0.6) is 0 Å². The van der Waals surface area contributed by atoms with Crippen molar-refractivity contribution in [1.82, 2.24) is 9.97 Å². The Kier molecular flexibility index (Phi) is 7.12. The molecule has 1 aromatic heterocycles. The van der Waals surface area contributed by atoms with Crippen LogP contribution in [-0.2, 0) is 0 Å². The zero-order chi connectivity index (χ0) is 12.5. The van der Waals surface area contributed by atoms with Crippen LogP contribution in [0.3, 0.4) is 0 Å². The smallest absolute Gasteiger partial charge is 0.224 e. The van der Waals surface area contributed by atoms with E-state index in [0.717, 1.165) is 25.3 Å². The molecule has 0 saturated carbocycles. The molecule has 0 atom stereocenters. The third-order valence-corrected chi connectivity index (χ3v) is 3.30. The van der Waals surface area contributed by atoms with Crippen molar-refractivity contribution in [3.63, 3.8) is 0 Å². The fourth-order valence-electron chi connectivity index (χ4n) is 1.26. The van der Waals surface area contributed by atoms with E-state index in [1.54, 1.807) is 6.20 Å². The molecule has 0 aliphatic heterocycles. The van der Waals surface area contributed by atoms with Crippen molar-refractivity contribution >= 4 is 35.1 Å². The fraction of sp³-hybridized carbons (Fsp3) is 0.636. The summed E-state index contributed by atoms with van der Waals surface area (Å²) in [5.41, 5.74) is 0. The third kappa shape index (κ3) is 5.46. The van der Waals surface area contributed by atoms with E-state index in [2.05, 4.69) is 27.5 Å². The number of halogens is 1. The number of anilines is 2. The van der Waals surface area contributed by atoms with Gasteiger partial charge in [0.05, 0.1) is 6.20 Å². The van der Waals surface area contributed by atoms with E-state index in [-0.39, 0.29) is 0 Å². The average Bonchev–Trinajstić information content (AvgIpc) is 2.33. The highest BCUT2D eigenvalue weighted by molar-refractivity contribution is 7.99. The van der Waals surface area contributed by atoms with Gasteiger partial charge in [0.15, 0.2) is 0 Å². The molecule has 6 heteroatoms. The van der Waals surface area contributed by atoms with E-state index in [1.807, 2.05) is 18.7 Å². The van der Waals surface area contributed by atoms with Crippen molar-refractivity contribution < 1.29 is 0 Å². The molecule has 2 N–H and O–H groups in total. The second kappa shape index (κ2) is 8.42. The van der Waals surface area contributed by atoms with Crippen LogP contribution in [0.1, 0.15) is 20.3 Å². The average molecular weight is 275 g/mol. The Morgan fingerprint density at radius 1 is 1.35 bits per heavy atom. The van der Waals surface area contributed by atoms with Gasteiger partial charge in [-0.2, -0.15) is 16.7 Å². The molecule has 1 aromatic rings. The van der Waals surface area contributed by atoms with Gasteiger partial charge in [0, 0.05) is 13.1 Å². The molecule has 0 fully saturated rings. The summed E-state index contributed by atoms with van der Waals surface area (Å²) in [6.07, 6.45) is 2.73. The molecule has 0 saturated heterocycles.